The van der Waals surface area contributed by atoms with Crippen LogP contribution in [0.4, 0.5) is 15.3 Å². The summed E-state index contributed by atoms with van der Waals surface area (Å²) in [5, 5.41) is 10.2. The van der Waals surface area contributed by atoms with E-state index in [0.29, 0.717) is 55.2 Å². The van der Waals surface area contributed by atoms with Crippen LogP contribution in [0.5, 0.6) is 0 Å². The lowest BCUT2D eigenvalue weighted by molar-refractivity contribution is -0.559. The smallest absolute Gasteiger partial charge is 0.453 e. The third-order valence-electron chi connectivity index (χ3n) is 14.4. The molecule has 14 nitrogen and oxygen atoms in total. The predicted octanol–water partition coefficient (Wildman–Crippen LogP) is 8.08. The van der Waals surface area contributed by atoms with Crippen LogP contribution in [0.25, 0.3) is 22.5 Å². The van der Waals surface area contributed by atoms with Crippen LogP contribution in [-0.2, 0) is 36.6 Å². The molecule has 2 fully saturated rings. The standard InChI is InChI=1S/C54H55N7O7/c1-5-32-26-41(56-43(27-32)45-28-39-13-9-12-38-22-23-44(61(55)54(65)67-4)51(62)60(45)50(38)39)35-18-14-33(15-19-35)34-16-20-36(21-17-34)42-29-40-31(2)47(40)49(57-42)46-30-68-25-24-59(46)52(63)48(58-53(64)66-3)37-10-7-6-8-11-37/h6-21,26-27,29,31-32,40,44-46,48,55-57H,5,22-25,28,30H2,1-4H3/p+1. The fraction of sp³-hybridized carbons (Fsp3) is 0.333. The van der Waals surface area contributed by atoms with Crippen molar-refractivity contribution in [1.82, 2.24) is 20.9 Å². The van der Waals surface area contributed by atoms with Crippen molar-refractivity contribution in [3.63, 3.8) is 0 Å². The number of dihydropyridines is 2. The Labute approximate surface area is 395 Å². The first-order valence-corrected chi connectivity index (χ1v) is 23.5. The Morgan fingerprint density at radius 2 is 1.51 bits per heavy atom. The molecule has 10 rings (SSSR count). The van der Waals surface area contributed by atoms with Crippen LogP contribution in [0.2, 0.25) is 0 Å². The average Bonchev–Trinajstić information content (AvgIpc) is 3.92. The Morgan fingerprint density at radius 3 is 2.19 bits per heavy atom. The number of anilines is 1. The first kappa shape index (κ1) is 44.5. The van der Waals surface area contributed by atoms with E-state index < -0.39 is 24.3 Å². The highest BCUT2D eigenvalue weighted by molar-refractivity contribution is 6.01. The molecule has 4 aromatic rings. The zero-order valence-electron chi connectivity index (χ0n) is 38.7. The number of methoxy groups -OCH3 is 2. The summed E-state index contributed by atoms with van der Waals surface area (Å²) in [4.78, 5) is 57.3. The van der Waals surface area contributed by atoms with Gasteiger partial charge in [-0.3, -0.25) is 14.5 Å². The molecule has 0 spiro atoms. The van der Waals surface area contributed by atoms with E-state index in [1.54, 1.807) is 0 Å². The molecule has 348 valence electrons. The number of allylic oxidation sites excluding steroid dienone is 4. The number of morpholine rings is 1. The highest BCUT2D eigenvalue weighted by Gasteiger charge is 2.50. The molecule has 4 N–H and O–H groups in total. The summed E-state index contributed by atoms with van der Waals surface area (Å²) in [7, 11) is 2.52. The van der Waals surface area contributed by atoms with Gasteiger partial charge in [-0.05, 0) is 79.4 Å². The number of hydrogen-bond donors (Lipinski definition) is 4. The number of carbonyl (C=O) groups excluding carboxylic acids is 4. The second-order valence-electron chi connectivity index (χ2n) is 18.3. The number of hydrogen-bond acceptors (Lipinski definition) is 10. The Hall–Kier alpha value is -7.32. The van der Waals surface area contributed by atoms with E-state index in [9.17, 15) is 19.2 Å². The number of carbonyl (C=O) groups is 4. The topological polar surface area (TPSA) is 165 Å². The summed E-state index contributed by atoms with van der Waals surface area (Å²) in [6, 6.07) is 29.8. The van der Waals surface area contributed by atoms with Gasteiger partial charge in [0.15, 0.2) is 0 Å². The van der Waals surface area contributed by atoms with Crippen molar-refractivity contribution in [3.8, 4) is 11.1 Å². The second-order valence-corrected chi connectivity index (χ2v) is 18.3. The van der Waals surface area contributed by atoms with Crippen molar-refractivity contribution >= 4 is 41.1 Å². The molecular formula is C54H56N7O7+. The molecule has 14 heteroatoms. The minimum absolute atomic E-state index is 0.133. The van der Waals surface area contributed by atoms with Gasteiger partial charge in [0.2, 0.25) is 0 Å². The normalized spacial score (nSPS) is 24.1. The van der Waals surface area contributed by atoms with Gasteiger partial charge in [0.25, 0.3) is 17.9 Å². The summed E-state index contributed by atoms with van der Waals surface area (Å²) >= 11 is 0. The van der Waals surface area contributed by atoms with Crippen molar-refractivity contribution in [3.05, 3.63) is 160 Å². The largest absolute Gasteiger partial charge is 0.622 e. The summed E-state index contributed by atoms with van der Waals surface area (Å²) in [5.41, 5.74) is 21.5. The minimum atomic E-state index is -0.969. The number of benzene rings is 4. The Morgan fingerprint density at radius 1 is 0.838 bits per heavy atom. The van der Waals surface area contributed by atoms with E-state index in [-0.39, 0.29) is 35.7 Å². The van der Waals surface area contributed by atoms with Crippen LogP contribution in [-0.4, -0.2) is 85.7 Å². The van der Waals surface area contributed by atoms with Crippen LogP contribution in [0, 0.1) is 23.3 Å². The number of nitrogens with zero attached hydrogens (tertiary/aromatic N) is 3. The fourth-order valence-corrected chi connectivity index (χ4v) is 10.7. The Bertz CT molecular complexity index is 2820. The van der Waals surface area contributed by atoms with Crippen molar-refractivity contribution in [2.24, 2.45) is 17.8 Å². The van der Waals surface area contributed by atoms with E-state index in [1.165, 1.54) is 19.8 Å². The average molecular weight is 915 g/mol. The van der Waals surface area contributed by atoms with E-state index in [2.05, 4.69) is 103 Å². The number of fused-ring (bicyclic) bond motifs is 1. The van der Waals surface area contributed by atoms with Crippen molar-refractivity contribution < 1.29 is 38.1 Å². The molecule has 4 amide bonds. The number of para-hydroxylation sites is 1. The molecule has 5 aliphatic heterocycles. The van der Waals surface area contributed by atoms with Gasteiger partial charge in [0.05, 0.1) is 45.2 Å². The zero-order chi connectivity index (χ0) is 47.2. The number of ether oxygens (including phenoxy) is 3. The van der Waals surface area contributed by atoms with Crippen LogP contribution in [0.1, 0.15) is 60.5 Å². The number of rotatable bonds is 10. The Balaban J connectivity index is 0.848. The number of aryl methyl sites for hydroxylation is 1. The van der Waals surface area contributed by atoms with Gasteiger partial charge in [0.1, 0.15) is 6.04 Å². The molecule has 1 aliphatic carbocycles. The van der Waals surface area contributed by atoms with Crippen molar-refractivity contribution in [2.45, 2.75) is 63.7 Å². The Kier molecular flexibility index (Phi) is 12.0. The van der Waals surface area contributed by atoms with Gasteiger partial charge < -0.3 is 35.1 Å². The zero-order valence-corrected chi connectivity index (χ0v) is 38.7. The first-order valence-electron chi connectivity index (χ1n) is 23.5. The van der Waals surface area contributed by atoms with Gasteiger partial charge in [-0.2, -0.15) is 4.79 Å². The first-order chi connectivity index (χ1) is 33.1. The van der Waals surface area contributed by atoms with Crippen LogP contribution in [0.3, 0.4) is 0 Å². The molecule has 0 bridgehead atoms. The molecule has 68 heavy (non-hydrogen) atoms. The summed E-state index contributed by atoms with van der Waals surface area (Å²) < 4.78 is 16.5. The highest BCUT2D eigenvalue weighted by atomic mass is 16.5. The van der Waals surface area contributed by atoms with Gasteiger partial charge in [0, 0.05) is 48.1 Å². The van der Waals surface area contributed by atoms with E-state index in [1.807, 2.05) is 52.3 Å². The lowest BCUT2D eigenvalue weighted by Gasteiger charge is -2.40. The summed E-state index contributed by atoms with van der Waals surface area (Å²) in [5.74, 6) is 0.201. The van der Waals surface area contributed by atoms with Gasteiger partial charge in [-0.25, -0.2) is 4.79 Å². The van der Waals surface area contributed by atoms with Gasteiger partial charge in [-0.15, -0.1) is 0 Å². The number of nitrogens with one attached hydrogen (secondary N) is 4. The second kappa shape index (κ2) is 18.4. The van der Waals surface area contributed by atoms with Crippen molar-refractivity contribution in [1.29, 1.82) is 5.53 Å². The fourth-order valence-electron chi connectivity index (χ4n) is 10.7. The maximum Gasteiger partial charge on any atom is 0.622 e. The van der Waals surface area contributed by atoms with E-state index >= 15 is 0 Å². The van der Waals surface area contributed by atoms with Crippen molar-refractivity contribution in [2.75, 3.05) is 38.9 Å². The molecular weight excluding hydrogens is 859 g/mol. The van der Waals surface area contributed by atoms with Crippen LogP contribution in [0.15, 0.2) is 132 Å². The molecule has 1 saturated carbocycles. The van der Waals surface area contributed by atoms with Gasteiger partial charge in [-0.1, -0.05) is 129 Å². The lowest BCUT2D eigenvalue weighted by Crippen LogP contribution is -2.55. The molecule has 4 aromatic carbocycles. The molecule has 0 aromatic heterocycles. The van der Waals surface area contributed by atoms with E-state index in [0.717, 1.165) is 68.3 Å². The van der Waals surface area contributed by atoms with E-state index in [4.69, 9.17) is 19.7 Å². The molecule has 5 heterocycles. The van der Waals surface area contributed by atoms with Gasteiger partial charge >= 0.3 is 12.2 Å². The monoisotopic (exact) mass is 914 g/mol. The molecule has 1 saturated heterocycles. The summed E-state index contributed by atoms with van der Waals surface area (Å²) in [6.45, 7) is 5.48. The van der Waals surface area contributed by atoms with Crippen LogP contribution >= 0.6 is 0 Å². The molecule has 7 unspecified atom stereocenters. The molecule has 7 atom stereocenters. The SMILES string of the molecule is CCC1C=C(c2ccc(-c3ccc(C4=CC5C(=C(C6COCCN6C(=O)C(NC(=O)OC)c6ccccc6)N4)C5C)cc3)cc2)NC(C2Cc3cccc4c3N2C(=O)C([N+](=N)C(=O)OC)CC4)=C1. The number of amides is 4. The maximum atomic E-state index is 14.4. The third-order valence-corrected chi connectivity index (χ3v) is 14.4. The van der Waals surface area contributed by atoms with Crippen LogP contribution < -0.4 is 20.9 Å². The predicted molar refractivity (Wildman–Crippen MR) is 256 cm³/mol. The molecule has 6 aliphatic rings. The minimum Gasteiger partial charge on any atom is -0.453 e. The quantitative estimate of drug-likeness (QED) is 0.0910. The summed E-state index contributed by atoms with van der Waals surface area (Å²) in [6.07, 6.45) is 7.61. The molecule has 0 radical (unpaired) electrons. The maximum absolute atomic E-state index is 14.4. The highest BCUT2D eigenvalue weighted by Crippen LogP contribution is 2.53. The lowest BCUT2D eigenvalue weighted by atomic mass is 9.93. The number of alkyl carbamates (subject to hydrolysis) is 1. The third kappa shape index (κ3) is 8.16.